The van der Waals surface area contributed by atoms with Gasteiger partial charge in [-0.15, -0.1) is 0 Å². The van der Waals surface area contributed by atoms with Crippen LogP contribution in [0.25, 0.3) is 0 Å². The summed E-state index contributed by atoms with van der Waals surface area (Å²) in [7, 11) is 1.56. The first-order valence-electron chi connectivity index (χ1n) is 7.23. The monoisotopic (exact) mass is 313 g/mol. The van der Waals surface area contributed by atoms with Crippen LogP contribution in [-0.2, 0) is 4.79 Å². The van der Waals surface area contributed by atoms with E-state index in [0.29, 0.717) is 11.3 Å². The van der Waals surface area contributed by atoms with Gasteiger partial charge in [-0.3, -0.25) is 9.59 Å². The molecule has 0 fully saturated rings. The third-order valence-electron chi connectivity index (χ3n) is 3.59. The van der Waals surface area contributed by atoms with Crippen LogP contribution in [0.1, 0.15) is 33.9 Å². The van der Waals surface area contributed by atoms with Crippen molar-refractivity contribution in [1.29, 1.82) is 0 Å². The number of ether oxygens (including phenoxy) is 1. The molecular weight excluding hydrogens is 294 g/mol. The van der Waals surface area contributed by atoms with Crippen LogP contribution in [0.5, 0.6) is 5.75 Å². The Morgan fingerprint density at radius 2 is 1.78 bits per heavy atom. The van der Waals surface area contributed by atoms with Gasteiger partial charge in [0.2, 0.25) is 0 Å². The fraction of sp³-hybridized carbons (Fsp3) is 0.222. The van der Waals surface area contributed by atoms with Crippen LogP contribution in [0.4, 0.5) is 0 Å². The quantitative estimate of drug-likeness (QED) is 0.859. The molecule has 0 heterocycles. The molecule has 120 valence electrons. The molecule has 0 aliphatic carbocycles. The number of carboxylic acids is 1. The first-order chi connectivity index (χ1) is 11.0. The van der Waals surface area contributed by atoms with Gasteiger partial charge >= 0.3 is 5.97 Å². The van der Waals surface area contributed by atoms with E-state index in [0.717, 1.165) is 11.1 Å². The minimum Gasteiger partial charge on any atom is -0.497 e. The number of methoxy groups -OCH3 is 1. The molecule has 1 atom stereocenters. The van der Waals surface area contributed by atoms with E-state index in [1.807, 2.05) is 19.1 Å². The zero-order chi connectivity index (χ0) is 16.8. The van der Waals surface area contributed by atoms with E-state index in [2.05, 4.69) is 5.32 Å². The van der Waals surface area contributed by atoms with Crippen molar-refractivity contribution in [2.45, 2.75) is 19.4 Å². The van der Waals surface area contributed by atoms with Crippen LogP contribution in [0.15, 0.2) is 48.5 Å². The standard InChI is InChI=1S/C18H19NO4/c1-12-5-3-4-6-15(12)18(22)19-16(11-17(20)21)13-7-9-14(23-2)10-8-13/h3-10,16H,11H2,1-2H3,(H,19,22)(H,20,21). The molecule has 5 nitrogen and oxygen atoms in total. The number of nitrogens with one attached hydrogen (secondary N) is 1. The van der Waals surface area contributed by atoms with Crippen LogP contribution in [-0.4, -0.2) is 24.1 Å². The summed E-state index contributed by atoms with van der Waals surface area (Å²) in [4.78, 5) is 23.5. The van der Waals surface area contributed by atoms with Crippen molar-refractivity contribution in [2.75, 3.05) is 7.11 Å². The molecule has 2 rings (SSSR count). The number of amides is 1. The first kappa shape index (κ1) is 16.5. The van der Waals surface area contributed by atoms with Gasteiger partial charge < -0.3 is 15.2 Å². The summed E-state index contributed by atoms with van der Waals surface area (Å²) in [6.07, 6.45) is -0.191. The molecule has 2 aromatic rings. The lowest BCUT2D eigenvalue weighted by molar-refractivity contribution is -0.137. The highest BCUT2D eigenvalue weighted by Crippen LogP contribution is 2.21. The molecule has 0 saturated carbocycles. The third kappa shape index (κ3) is 4.32. The summed E-state index contributed by atoms with van der Waals surface area (Å²) in [5.74, 6) is -0.589. The van der Waals surface area contributed by atoms with Crippen molar-refractivity contribution < 1.29 is 19.4 Å². The normalized spacial score (nSPS) is 11.6. The third-order valence-corrected chi connectivity index (χ3v) is 3.59. The molecule has 2 N–H and O–H groups in total. The van der Waals surface area contributed by atoms with Gasteiger partial charge in [0.15, 0.2) is 0 Å². The summed E-state index contributed by atoms with van der Waals surface area (Å²) in [5, 5.41) is 11.9. The highest BCUT2D eigenvalue weighted by molar-refractivity contribution is 5.96. The van der Waals surface area contributed by atoms with Gasteiger partial charge in [-0.05, 0) is 36.2 Å². The van der Waals surface area contributed by atoms with Gasteiger partial charge in [0.1, 0.15) is 5.75 Å². The summed E-state index contributed by atoms with van der Waals surface area (Å²) in [6, 6.07) is 13.6. The average molecular weight is 313 g/mol. The smallest absolute Gasteiger partial charge is 0.305 e. The Morgan fingerprint density at radius 1 is 1.13 bits per heavy atom. The Kier molecular flexibility index (Phi) is 5.36. The molecule has 0 radical (unpaired) electrons. The molecule has 0 spiro atoms. The summed E-state index contributed by atoms with van der Waals surface area (Å²) in [6.45, 7) is 1.84. The van der Waals surface area contributed by atoms with Gasteiger partial charge in [0.05, 0.1) is 19.6 Å². The van der Waals surface area contributed by atoms with Gasteiger partial charge in [0, 0.05) is 5.56 Å². The van der Waals surface area contributed by atoms with E-state index in [1.165, 1.54) is 0 Å². The van der Waals surface area contributed by atoms with Crippen molar-refractivity contribution in [3.05, 3.63) is 65.2 Å². The number of carbonyl (C=O) groups is 2. The second kappa shape index (κ2) is 7.45. The lowest BCUT2D eigenvalue weighted by Gasteiger charge is -2.18. The van der Waals surface area contributed by atoms with E-state index in [1.54, 1.807) is 43.5 Å². The summed E-state index contributed by atoms with van der Waals surface area (Å²) >= 11 is 0. The maximum absolute atomic E-state index is 12.4. The molecule has 0 bridgehead atoms. The number of carbonyl (C=O) groups excluding carboxylic acids is 1. The van der Waals surface area contributed by atoms with Gasteiger partial charge in [-0.25, -0.2) is 0 Å². The second-order valence-electron chi connectivity index (χ2n) is 5.21. The maximum atomic E-state index is 12.4. The van der Waals surface area contributed by atoms with E-state index in [9.17, 15) is 9.59 Å². The molecule has 23 heavy (non-hydrogen) atoms. The molecule has 0 saturated heterocycles. The lowest BCUT2D eigenvalue weighted by Crippen LogP contribution is -2.30. The van der Waals surface area contributed by atoms with E-state index in [4.69, 9.17) is 9.84 Å². The zero-order valence-corrected chi connectivity index (χ0v) is 13.1. The number of benzene rings is 2. The fourth-order valence-electron chi connectivity index (χ4n) is 2.33. The maximum Gasteiger partial charge on any atom is 0.305 e. The largest absolute Gasteiger partial charge is 0.497 e. The number of rotatable bonds is 6. The lowest BCUT2D eigenvalue weighted by atomic mass is 10.0. The van der Waals surface area contributed by atoms with Crippen molar-refractivity contribution in [3.8, 4) is 5.75 Å². The molecule has 1 unspecified atom stereocenters. The minimum atomic E-state index is -0.976. The highest BCUT2D eigenvalue weighted by Gasteiger charge is 2.19. The molecule has 0 aliphatic heterocycles. The van der Waals surface area contributed by atoms with Crippen LogP contribution >= 0.6 is 0 Å². The van der Waals surface area contributed by atoms with Crippen molar-refractivity contribution in [1.82, 2.24) is 5.32 Å². The van der Waals surface area contributed by atoms with Crippen molar-refractivity contribution in [2.24, 2.45) is 0 Å². The molecule has 2 aromatic carbocycles. The minimum absolute atomic E-state index is 0.191. The number of aliphatic carboxylic acids is 1. The summed E-state index contributed by atoms with van der Waals surface area (Å²) in [5.41, 5.74) is 2.10. The number of aryl methyl sites for hydroxylation is 1. The topological polar surface area (TPSA) is 75.6 Å². The Labute approximate surface area is 134 Å². The Bertz CT molecular complexity index is 694. The summed E-state index contributed by atoms with van der Waals surface area (Å²) < 4.78 is 5.09. The highest BCUT2D eigenvalue weighted by atomic mass is 16.5. The zero-order valence-electron chi connectivity index (χ0n) is 13.1. The van der Waals surface area contributed by atoms with E-state index >= 15 is 0 Å². The molecule has 5 heteroatoms. The average Bonchev–Trinajstić information content (AvgIpc) is 2.54. The number of hydrogen-bond acceptors (Lipinski definition) is 3. The molecule has 0 aromatic heterocycles. The van der Waals surface area contributed by atoms with Crippen LogP contribution in [0.2, 0.25) is 0 Å². The Hall–Kier alpha value is -2.82. The predicted octanol–water partition coefficient (Wildman–Crippen LogP) is 2.95. The van der Waals surface area contributed by atoms with E-state index in [-0.39, 0.29) is 12.3 Å². The van der Waals surface area contributed by atoms with E-state index < -0.39 is 12.0 Å². The molecular formula is C18H19NO4. The Balaban J connectivity index is 2.23. The van der Waals surface area contributed by atoms with Gasteiger partial charge in [-0.2, -0.15) is 0 Å². The number of hydrogen-bond donors (Lipinski definition) is 2. The first-order valence-corrected chi connectivity index (χ1v) is 7.23. The second-order valence-corrected chi connectivity index (χ2v) is 5.21. The van der Waals surface area contributed by atoms with Crippen molar-refractivity contribution >= 4 is 11.9 Å². The van der Waals surface area contributed by atoms with Crippen LogP contribution in [0, 0.1) is 6.92 Å². The number of carboxylic acid groups (broad SMARTS) is 1. The SMILES string of the molecule is COc1ccc(C(CC(=O)O)NC(=O)c2ccccc2C)cc1. The fourth-order valence-corrected chi connectivity index (χ4v) is 2.33. The predicted molar refractivity (Wildman–Crippen MR) is 86.6 cm³/mol. The molecule has 1 amide bonds. The Morgan fingerprint density at radius 3 is 2.35 bits per heavy atom. The van der Waals surface area contributed by atoms with Crippen LogP contribution in [0.3, 0.4) is 0 Å². The van der Waals surface area contributed by atoms with Crippen molar-refractivity contribution in [3.63, 3.8) is 0 Å². The molecule has 0 aliphatic rings. The van der Waals surface area contributed by atoms with Gasteiger partial charge in [0.25, 0.3) is 5.91 Å². The van der Waals surface area contributed by atoms with Crippen LogP contribution < -0.4 is 10.1 Å². The van der Waals surface area contributed by atoms with Gasteiger partial charge in [-0.1, -0.05) is 30.3 Å².